The number of carbonyl (C=O) groups is 1. The average molecular weight is 544 g/mol. The molecule has 0 bridgehead atoms. The summed E-state index contributed by atoms with van der Waals surface area (Å²) >= 11 is 0. The van der Waals surface area contributed by atoms with Crippen molar-refractivity contribution in [3.05, 3.63) is 142 Å². The fourth-order valence-corrected chi connectivity index (χ4v) is 5.58. The molecule has 1 heterocycles. The number of unbranched alkanes of at least 4 members (excludes halogenated alkanes) is 2. The van der Waals surface area contributed by atoms with E-state index in [0.717, 1.165) is 41.6 Å². The molecule has 5 aromatic rings. The van der Waals surface area contributed by atoms with Crippen LogP contribution >= 0.6 is 0 Å². The maximum atomic E-state index is 14.7. The van der Waals surface area contributed by atoms with E-state index in [2.05, 4.69) is 6.92 Å². The summed E-state index contributed by atoms with van der Waals surface area (Å²) in [5, 5.41) is 0.557. The van der Waals surface area contributed by atoms with Crippen molar-refractivity contribution in [3.8, 4) is 5.69 Å². The Hall–Kier alpha value is -4.51. The maximum Gasteiger partial charge on any atom is 0.266 e. The van der Waals surface area contributed by atoms with E-state index in [1.807, 2.05) is 128 Å². The minimum atomic E-state index is -0.472. The fourth-order valence-electron chi connectivity index (χ4n) is 5.58. The highest BCUT2D eigenvalue weighted by Crippen LogP contribution is 2.32. The fraction of sp³-hybridized carbons (Fsp3) is 0.250. The van der Waals surface area contributed by atoms with E-state index in [0.29, 0.717) is 23.3 Å². The van der Waals surface area contributed by atoms with Gasteiger partial charge in [0.25, 0.3) is 5.56 Å². The van der Waals surface area contributed by atoms with Crippen LogP contribution in [0.3, 0.4) is 0 Å². The van der Waals surface area contributed by atoms with Gasteiger partial charge in [-0.05, 0) is 55.2 Å². The number of aromatic nitrogens is 2. The van der Waals surface area contributed by atoms with Gasteiger partial charge in [0.2, 0.25) is 5.91 Å². The summed E-state index contributed by atoms with van der Waals surface area (Å²) in [4.78, 5) is 35.8. The Balaban J connectivity index is 1.69. The first-order chi connectivity index (χ1) is 20.0. The lowest BCUT2D eigenvalue weighted by molar-refractivity contribution is -0.134. The van der Waals surface area contributed by atoms with Crippen molar-refractivity contribution in [1.82, 2.24) is 14.5 Å². The number of amides is 1. The second-order valence-corrected chi connectivity index (χ2v) is 10.6. The van der Waals surface area contributed by atoms with Crippen molar-refractivity contribution >= 4 is 16.8 Å². The third-order valence-corrected chi connectivity index (χ3v) is 7.80. The number of hydrogen-bond acceptors (Lipinski definition) is 3. The van der Waals surface area contributed by atoms with Crippen LogP contribution in [-0.2, 0) is 4.79 Å². The predicted molar refractivity (Wildman–Crippen MR) is 166 cm³/mol. The number of fused-ring (bicyclic) bond motifs is 1. The number of carbonyl (C=O) groups excluding carboxylic acids is 1. The molecule has 1 atom stereocenters. The summed E-state index contributed by atoms with van der Waals surface area (Å²) in [6.45, 7) is 6.73. The Morgan fingerprint density at radius 1 is 0.805 bits per heavy atom. The molecule has 4 aromatic carbocycles. The Bertz CT molecular complexity index is 1640. The smallest absolute Gasteiger partial charge is 0.266 e. The van der Waals surface area contributed by atoms with Gasteiger partial charge in [0, 0.05) is 6.54 Å². The van der Waals surface area contributed by atoms with E-state index in [4.69, 9.17) is 4.98 Å². The molecule has 0 N–H and O–H groups in total. The molecular formula is C36H37N3O2. The molecule has 0 aliphatic carbocycles. The maximum absolute atomic E-state index is 14.7. The van der Waals surface area contributed by atoms with Crippen LogP contribution in [0.4, 0.5) is 0 Å². The Labute approximate surface area is 242 Å². The Morgan fingerprint density at radius 3 is 2.02 bits per heavy atom. The Kier molecular flexibility index (Phi) is 8.73. The second kappa shape index (κ2) is 12.8. The zero-order valence-electron chi connectivity index (χ0n) is 24.0. The molecule has 1 aromatic heterocycles. The molecular weight excluding hydrogens is 506 g/mol. The first-order valence-corrected chi connectivity index (χ1v) is 14.5. The molecule has 208 valence electrons. The molecule has 5 rings (SSSR count). The first-order valence-electron chi connectivity index (χ1n) is 14.5. The molecule has 5 heteroatoms. The zero-order chi connectivity index (χ0) is 28.8. The van der Waals surface area contributed by atoms with Gasteiger partial charge < -0.3 is 4.90 Å². The molecule has 1 amide bonds. The molecule has 5 nitrogen and oxygen atoms in total. The number of nitrogens with zero attached hydrogens (tertiary/aromatic N) is 3. The summed E-state index contributed by atoms with van der Waals surface area (Å²) in [6, 6.07) is 34.7. The highest BCUT2D eigenvalue weighted by Gasteiger charge is 2.33. The number of para-hydroxylation sites is 2. The first kappa shape index (κ1) is 28.0. The van der Waals surface area contributed by atoms with Crippen molar-refractivity contribution in [3.63, 3.8) is 0 Å². The van der Waals surface area contributed by atoms with Crippen LogP contribution in [0.5, 0.6) is 0 Å². The zero-order valence-corrected chi connectivity index (χ0v) is 24.0. The number of hydrogen-bond donors (Lipinski definition) is 0. The van der Waals surface area contributed by atoms with Gasteiger partial charge in [0.1, 0.15) is 5.82 Å². The van der Waals surface area contributed by atoms with Crippen molar-refractivity contribution in [2.75, 3.05) is 6.54 Å². The predicted octanol–water partition coefficient (Wildman–Crippen LogP) is 7.61. The lowest BCUT2D eigenvalue weighted by Crippen LogP contribution is -2.41. The van der Waals surface area contributed by atoms with Crippen LogP contribution in [0.1, 0.15) is 67.6 Å². The van der Waals surface area contributed by atoms with Gasteiger partial charge in [-0.3, -0.25) is 14.2 Å². The second-order valence-electron chi connectivity index (χ2n) is 10.6. The molecule has 0 aliphatic heterocycles. The standard InChI is InChI=1S/C36H37N3O2/c1-4-5-16-25-38(36(41)33(28-18-8-6-9-19-28)29-20-10-7-11-21-29)27(3)34-37-31-23-14-13-22-30(31)35(40)39(34)32-24-15-12-17-26(32)2/h6-15,17-24,27,33H,4-5,16,25H2,1-3H3. The van der Waals surface area contributed by atoms with E-state index in [9.17, 15) is 9.59 Å². The van der Waals surface area contributed by atoms with Gasteiger partial charge >= 0.3 is 0 Å². The summed E-state index contributed by atoms with van der Waals surface area (Å²) in [6.07, 6.45) is 2.91. The monoisotopic (exact) mass is 543 g/mol. The van der Waals surface area contributed by atoms with Crippen LogP contribution < -0.4 is 5.56 Å². The quantitative estimate of drug-likeness (QED) is 0.170. The van der Waals surface area contributed by atoms with Crippen molar-refractivity contribution < 1.29 is 4.79 Å². The van der Waals surface area contributed by atoms with Gasteiger partial charge in [-0.2, -0.15) is 0 Å². The Morgan fingerprint density at radius 2 is 1.39 bits per heavy atom. The molecule has 0 fully saturated rings. The summed E-state index contributed by atoms with van der Waals surface area (Å²) in [5.74, 6) is 0.0954. The van der Waals surface area contributed by atoms with Crippen molar-refractivity contribution in [2.45, 2.75) is 52.0 Å². The van der Waals surface area contributed by atoms with Gasteiger partial charge in [-0.15, -0.1) is 0 Å². The van der Waals surface area contributed by atoms with E-state index < -0.39 is 12.0 Å². The van der Waals surface area contributed by atoms with E-state index in [-0.39, 0.29) is 11.5 Å². The van der Waals surface area contributed by atoms with Gasteiger partial charge in [0.15, 0.2) is 0 Å². The number of rotatable bonds is 10. The van der Waals surface area contributed by atoms with Crippen molar-refractivity contribution in [2.24, 2.45) is 0 Å². The number of benzene rings is 4. The molecule has 0 aliphatic rings. The number of aryl methyl sites for hydroxylation is 1. The third-order valence-electron chi connectivity index (χ3n) is 7.80. The van der Waals surface area contributed by atoms with Crippen molar-refractivity contribution in [1.29, 1.82) is 0 Å². The largest absolute Gasteiger partial charge is 0.332 e. The van der Waals surface area contributed by atoms with E-state index >= 15 is 0 Å². The highest BCUT2D eigenvalue weighted by atomic mass is 16.2. The normalized spacial score (nSPS) is 12.0. The molecule has 41 heavy (non-hydrogen) atoms. The van der Waals surface area contributed by atoms with Crippen LogP contribution in [-0.4, -0.2) is 26.9 Å². The van der Waals surface area contributed by atoms with Crippen LogP contribution in [0.2, 0.25) is 0 Å². The molecule has 0 saturated carbocycles. The van der Waals surface area contributed by atoms with Gasteiger partial charge in [-0.1, -0.05) is 111 Å². The van der Waals surface area contributed by atoms with Crippen LogP contribution in [0.15, 0.2) is 114 Å². The third kappa shape index (κ3) is 5.85. The minimum absolute atomic E-state index is 0.00439. The lowest BCUT2D eigenvalue weighted by Gasteiger charge is -2.34. The van der Waals surface area contributed by atoms with E-state index in [1.165, 1.54) is 0 Å². The van der Waals surface area contributed by atoms with E-state index in [1.54, 1.807) is 4.57 Å². The van der Waals surface area contributed by atoms with Gasteiger partial charge in [-0.25, -0.2) is 4.98 Å². The minimum Gasteiger partial charge on any atom is -0.332 e. The SMILES string of the molecule is CCCCCN(C(=O)C(c1ccccc1)c1ccccc1)C(C)c1nc2ccccc2c(=O)n1-c1ccccc1C. The van der Waals surface area contributed by atoms with Crippen LogP contribution in [0.25, 0.3) is 16.6 Å². The average Bonchev–Trinajstić information content (AvgIpc) is 3.01. The molecule has 1 unspecified atom stereocenters. The molecule has 0 saturated heterocycles. The highest BCUT2D eigenvalue weighted by molar-refractivity contribution is 5.87. The van der Waals surface area contributed by atoms with Crippen LogP contribution in [0, 0.1) is 6.92 Å². The molecule has 0 spiro atoms. The summed E-state index contributed by atoms with van der Waals surface area (Å²) < 4.78 is 1.71. The topological polar surface area (TPSA) is 55.2 Å². The summed E-state index contributed by atoms with van der Waals surface area (Å²) in [7, 11) is 0. The molecule has 0 radical (unpaired) electrons. The van der Waals surface area contributed by atoms with Gasteiger partial charge in [0.05, 0.1) is 28.6 Å². The summed E-state index contributed by atoms with van der Waals surface area (Å²) in [5.41, 5.74) is 4.14. The lowest BCUT2D eigenvalue weighted by atomic mass is 9.89.